The van der Waals surface area contributed by atoms with E-state index in [1.165, 1.54) is 0 Å². The maximum absolute atomic E-state index is 13.2. The molecule has 0 saturated heterocycles. The lowest BCUT2D eigenvalue weighted by molar-refractivity contribution is -2.00. The van der Waals surface area contributed by atoms with Crippen LogP contribution in [0.1, 0.15) is 26.3 Å². The molecule has 0 saturated carbocycles. The summed E-state index contributed by atoms with van der Waals surface area (Å²) in [6, 6.07) is 20.1. The van der Waals surface area contributed by atoms with Crippen LogP contribution in [0.15, 0.2) is 84.8 Å². The van der Waals surface area contributed by atoms with Crippen LogP contribution in [0.25, 0.3) is 5.70 Å². The Morgan fingerprint density at radius 3 is 1.77 bits per heavy atom. The van der Waals surface area contributed by atoms with Gasteiger partial charge >= 0.3 is 0 Å². The Bertz CT molecular complexity index is 1130. The first kappa shape index (κ1) is 22.3. The Hall–Kier alpha value is -3.40. The number of carbonyl (C=O) groups is 2. The molecule has 0 bridgehead atoms. The van der Waals surface area contributed by atoms with Gasteiger partial charge in [-0.05, 0) is 24.6 Å². The number of ketones is 2. The molecule has 8 nitrogen and oxygen atoms in total. The zero-order valence-corrected chi connectivity index (χ0v) is 17.0. The summed E-state index contributed by atoms with van der Waals surface area (Å²) in [5.41, 5.74) is 3.31. The second kappa shape index (κ2) is 9.17. The molecular weight excluding hydrogens is 424 g/mol. The fourth-order valence-corrected chi connectivity index (χ4v) is 3.04. The summed E-state index contributed by atoms with van der Waals surface area (Å²) in [5, 5.41) is 3.15. The number of hydrogen-bond acceptors (Lipinski definition) is 7. The van der Waals surface area contributed by atoms with Gasteiger partial charge in [0.1, 0.15) is 0 Å². The number of carbonyl (C=O) groups excluding carboxylic acids is 2. The van der Waals surface area contributed by atoms with Crippen molar-refractivity contribution in [1.29, 1.82) is 0 Å². The van der Waals surface area contributed by atoms with Gasteiger partial charge in [-0.2, -0.15) is 4.57 Å². The van der Waals surface area contributed by atoms with Crippen molar-refractivity contribution >= 4 is 23.0 Å². The molecule has 2 aromatic carbocycles. The van der Waals surface area contributed by atoms with Crippen LogP contribution in [-0.4, -0.2) is 11.6 Å². The first-order chi connectivity index (χ1) is 14.6. The van der Waals surface area contributed by atoms with Crippen LogP contribution >= 0.6 is 0 Å². The predicted octanol–water partition coefficient (Wildman–Crippen LogP) is -1.11. The monoisotopic (exact) mass is 440 g/mol. The minimum absolute atomic E-state index is 0.174. The van der Waals surface area contributed by atoms with Crippen LogP contribution in [0.2, 0.25) is 0 Å². The maximum Gasteiger partial charge on any atom is 0.286 e. The number of Topliss-reactive ketones (excluding diaryl/α,β-unsaturated/α-hetero) is 2. The summed E-state index contributed by atoms with van der Waals surface area (Å²) < 4.78 is 35.7. The van der Waals surface area contributed by atoms with Crippen LogP contribution in [0.3, 0.4) is 0 Å². The highest BCUT2D eigenvalue weighted by Gasteiger charge is 2.38. The Morgan fingerprint density at radius 1 is 0.742 bits per heavy atom. The first-order valence-electron chi connectivity index (χ1n) is 9.00. The van der Waals surface area contributed by atoms with E-state index in [0.717, 1.165) is 11.3 Å². The van der Waals surface area contributed by atoms with Gasteiger partial charge < -0.3 is 5.32 Å². The third kappa shape index (κ3) is 5.60. The van der Waals surface area contributed by atoms with Crippen molar-refractivity contribution in [2.24, 2.45) is 0 Å². The van der Waals surface area contributed by atoms with Crippen LogP contribution in [0.4, 0.5) is 5.69 Å². The van der Waals surface area contributed by atoms with E-state index in [2.05, 4.69) is 5.32 Å². The van der Waals surface area contributed by atoms with Crippen molar-refractivity contribution in [2.75, 3.05) is 5.32 Å². The number of pyridine rings is 1. The minimum atomic E-state index is -4.94. The van der Waals surface area contributed by atoms with Crippen molar-refractivity contribution in [3.63, 3.8) is 0 Å². The van der Waals surface area contributed by atoms with E-state index in [-0.39, 0.29) is 17.3 Å². The van der Waals surface area contributed by atoms with E-state index >= 15 is 0 Å². The number of anilines is 1. The number of rotatable bonds is 3. The number of nitrogens with zero attached hydrogens (tertiary/aromatic N) is 1. The van der Waals surface area contributed by atoms with E-state index in [1.807, 2.05) is 49.4 Å². The van der Waals surface area contributed by atoms with Crippen molar-refractivity contribution in [1.82, 2.24) is 0 Å². The third-order valence-electron chi connectivity index (χ3n) is 4.39. The van der Waals surface area contributed by atoms with Crippen molar-refractivity contribution in [3.8, 4) is 0 Å². The van der Waals surface area contributed by atoms with Gasteiger partial charge in [0.25, 0.3) is 11.5 Å². The van der Waals surface area contributed by atoms with Gasteiger partial charge in [-0.3, -0.25) is 9.59 Å². The lowest BCUT2D eigenvalue weighted by atomic mass is 9.90. The van der Waals surface area contributed by atoms with Gasteiger partial charge in [0, 0.05) is 28.9 Å². The highest BCUT2D eigenvalue weighted by Crippen LogP contribution is 2.27. The first-order valence-corrected chi connectivity index (χ1v) is 10.2. The number of hydrogen-bond donors (Lipinski definition) is 1. The average molecular weight is 441 g/mol. The molecule has 1 aliphatic carbocycles. The molecule has 1 N–H and O–H groups in total. The molecule has 4 rings (SSSR count). The molecule has 0 radical (unpaired) electrons. The molecule has 0 aliphatic heterocycles. The number of para-hydroxylation sites is 1. The summed E-state index contributed by atoms with van der Waals surface area (Å²) in [4.78, 5) is 26.3. The smallest absolute Gasteiger partial charge is 0.286 e. The van der Waals surface area contributed by atoms with Crippen LogP contribution in [0.5, 0.6) is 0 Å². The topological polar surface area (TPSA) is 142 Å². The Balaban J connectivity index is 0.000000491. The number of aryl methyl sites for hydroxylation is 1. The average Bonchev–Trinajstić information content (AvgIpc) is 2.73. The van der Waals surface area contributed by atoms with E-state index in [4.69, 9.17) is 18.6 Å². The van der Waals surface area contributed by atoms with Crippen molar-refractivity contribution < 1.29 is 43.0 Å². The van der Waals surface area contributed by atoms with Gasteiger partial charge in [0.15, 0.2) is 18.1 Å². The van der Waals surface area contributed by atoms with E-state index in [9.17, 15) is 9.59 Å². The molecule has 1 aliphatic rings. The lowest BCUT2D eigenvalue weighted by Gasteiger charge is -2.18. The highest BCUT2D eigenvalue weighted by molar-refractivity contribution is 6.36. The number of halogens is 1. The number of nitrogens with one attached hydrogen (secondary N) is 1. The summed E-state index contributed by atoms with van der Waals surface area (Å²) in [7, 11) is -4.94. The van der Waals surface area contributed by atoms with Gasteiger partial charge in [0.05, 0.1) is 0 Å². The Morgan fingerprint density at radius 2 is 1.23 bits per heavy atom. The van der Waals surface area contributed by atoms with Crippen LogP contribution < -0.4 is 28.5 Å². The standard InChI is InChI=1S/C22H16N2O2.ClHO4/c1-15-11-13-24(14-12-15)20-19(23-16-7-3-2-4-8-16)21(25)17-9-5-6-10-18(17)22(20)26;2-1(3,4)5/h2-14H,1H3;(H,2,3,4,5). The fourth-order valence-electron chi connectivity index (χ4n) is 3.04. The highest BCUT2D eigenvalue weighted by atomic mass is 35.7. The third-order valence-corrected chi connectivity index (χ3v) is 4.39. The molecule has 31 heavy (non-hydrogen) atoms. The lowest BCUT2D eigenvalue weighted by Crippen LogP contribution is -2.68. The summed E-state index contributed by atoms with van der Waals surface area (Å²) in [6.07, 6.45) is 3.60. The number of benzene rings is 2. The zero-order chi connectivity index (χ0) is 22.6. The fraction of sp³-hybridized carbons (Fsp3) is 0.0455. The molecule has 1 heterocycles. The molecule has 3 aromatic rings. The van der Waals surface area contributed by atoms with Gasteiger partial charge in [-0.15, -0.1) is 10.2 Å². The van der Waals surface area contributed by atoms with E-state index < -0.39 is 10.2 Å². The summed E-state index contributed by atoms with van der Waals surface area (Å²) in [5.74, 6) is -0.361. The molecular formula is C22H17ClN2O6. The van der Waals surface area contributed by atoms with Crippen LogP contribution in [0, 0.1) is 17.2 Å². The quantitative estimate of drug-likeness (QED) is 0.508. The predicted molar refractivity (Wildman–Crippen MR) is 99.8 cm³/mol. The van der Waals surface area contributed by atoms with E-state index in [0.29, 0.717) is 16.8 Å². The molecule has 0 amide bonds. The van der Waals surface area contributed by atoms with Crippen LogP contribution in [-0.2, 0) is 0 Å². The zero-order valence-electron chi connectivity index (χ0n) is 16.3. The van der Waals surface area contributed by atoms with Crippen molar-refractivity contribution in [2.45, 2.75) is 6.92 Å². The van der Waals surface area contributed by atoms with Gasteiger partial charge in [0.2, 0.25) is 5.78 Å². The maximum atomic E-state index is 13.2. The second-order valence-corrected chi connectivity index (χ2v) is 7.34. The van der Waals surface area contributed by atoms with Crippen molar-refractivity contribution in [3.05, 3.63) is 102 Å². The second-order valence-electron chi connectivity index (χ2n) is 6.58. The molecule has 0 spiro atoms. The number of aromatic nitrogens is 1. The summed E-state index contributed by atoms with van der Waals surface area (Å²) in [6.45, 7) is 1.98. The molecule has 0 fully saturated rings. The van der Waals surface area contributed by atoms with E-state index in [1.54, 1.807) is 41.2 Å². The molecule has 0 unspecified atom stereocenters. The minimum Gasteiger partial charge on any atom is -0.347 e. The SMILES string of the molecule is Cc1cc[n+](C2=C(Nc3ccccc3)C(=O)c3ccccc3C2=O)cc1.[O-][Cl+3]([O-])([O-])[O-]. The van der Waals surface area contributed by atoms with Gasteiger partial charge in [-0.1, -0.05) is 42.5 Å². The molecule has 158 valence electrons. The molecule has 9 heteroatoms. The summed E-state index contributed by atoms with van der Waals surface area (Å²) >= 11 is 0. The Labute approximate surface area is 180 Å². The number of fused-ring (bicyclic) bond motifs is 1. The number of allylic oxidation sites excluding steroid dienone is 2. The Kier molecular flexibility index (Phi) is 6.59. The van der Waals surface area contributed by atoms with Gasteiger partial charge in [-0.25, -0.2) is 18.6 Å². The molecule has 0 atom stereocenters. The normalized spacial score (nSPS) is 13.3. The largest absolute Gasteiger partial charge is 0.347 e. The molecule has 1 aromatic heterocycles.